The van der Waals surface area contributed by atoms with Crippen LogP contribution in [0.15, 0.2) is 34.9 Å². The first-order valence-electron chi connectivity index (χ1n) is 7.98. The van der Waals surface area contributed by atoms with E-state index in [1.165, 1.54) is 5.56 Å². The van der Waals surface area contributed by atoms with E-state index >= 15 is 0 Å². The number of hydrogen-bond acceptors (Lipinski definition) is 5. The van der Waals surface area contributed by atoms with Gasteiger partial charge in [-0.3, -0.25) is 9.69 Å². The summed E-state index contributed by atoms with van der Waals surface area (Å²) in [7, 11) is 0. The van der Waals surface area contributed by atoms with Crippen LogP contribution in [0.25, 0.3) is 0 Å². The normalized spacial score (nSPS) is 19.1. The number of hydrogen-bond donors (Lipinski definition) is 1. The lowest BCUT2D eigenvalue weighted by Gasteiger charge is -2.32. The van der Waals surface area contributed by atoms with Crippen molar-refractivity contribution >= 4 is 5.91 Å². The van der Waals surface area contributed by atoms with Gasteiger partial charge in [-0.1, -0.05) is 49.3 Å². The first kappa shape index (κ1) is 15.7. The Morgan fingerprint density at radius 2 is 2.13 bits per heavy atom. The molecule has 0 spiro atoms. The van der Waals surface area contributed by atoms with Crippen molar-refractivity contribution < 1.29 is 9.32 Å². The molecule has 1 amide bonds. The molecule has 0 saturated carbocycles. The zero-order valence-electron chi connectivity index (χ0n) is 13.5. The van der Waals surface area contributed by atoms with Crippen molar-refractivity contribution in [2.45, 2.75) is 38.8 Å². The zero-order valence-corrected chi connectivity index (χ0v) is 13.5. The molecule has 2 heterocycles. The quantitative estimate of drug-likeness (QED) is 0.910. The van der Waals surface area contributed by atoms with Crippen LogP contribution in [0.3, 0.4) is 0 Å². The average Bonchev–Trinajstić information content (AvgIpc) is 2.96. The molecule has 1 fully saturated rings. The molecule has 3 rings (SSSR count). The van der Waals surface area contributed by atoms with E-state index in [-0.39, 0.29) is 17.9 Å². The molecule has 6 nitrogen and oxygen atoms in total. The van der Waals surface area contributed by atoms with Gasteiger partial charge in [0.25, 0.3) is 0 Å². The summed E-state index contributed by atoms with van der Waals surface area (Å²) in [5, 5.41) is 7.07. The van der Waals surface area contributed by atoms with Gasteiger partial charge in [0.1, 0.15) is 0 Å². The fourth-order valence-corrected chi connectivity index (χ4v) is 2.80. The van der Waals surface area contributed by atoms with Gasteiger partial charge >= 0.3 is 0 Å². The van der Waals surface area contributed by atoms with Gasteiger partial charge in [-0.05, 0) is 12.0 Å². The van der Waals surface area contributed by atoms with Crippen LogP contribution in [0.5, 0.6) is 0 Å². The monoisotopic (exact) mass is 314 g/mol. The third-order valence-electron chi connectivity index (χ3n) is 3.88. The SMILES string of the molecule is CC(C)c1nc(CN2CC(=O)N[C@@H](Cc3ccccc3)C2)no1. The van der Waals surface area contributed by atoms with Crippen molar-refractivity contribution in [3.63, 3.8) is 0 Å². The third kappa shape index (κ3) is 4.16. The zero-order chi connectivity index (χ0) is 16.2. The highest BCUT2D eigenvalue weighted by atomic mass is 16.5. The molecule has 0 aliphatic carbocycles. The fourth-order valence-electron chi connectivity index (χ4n) is 2.80. The fraction of sp³-hybridized carbons (Fsp3) is 0.471. The minimum absolute atomic E-state index is 0.0461. The van der Waals surface area contributed by atoms with Crippen molar-refractivity contribution in [3.05, 3.63) is 47.6 Å². The van der Waals surface area contributed by atoms with Crippen LogP contribution >= 0.6 is 0 Å². The summed E-state index contributed by atoms with van der Waals surface area (Å²) in [5.74, 6) is 1.54. The Labute approximate surface area is 135 Å². The Morgan fingerprint density at radius 3 is 2.83 bits per heavy atom. The molecule has 1 aromatic carbocycles. The first-order valence-corrected chi connectivity index (χ1v) is 7.98. The van der Waals surface area contributed by atoms with Crippen LogP contribution in [0.2, 0.25) is 0 Å². The number of benzene rings is 1. The molecule has 122 valence electrons. The Kier molecular flexibility index (Phi) is 4.71. The van der Waals surface area contributed by atoms with E-state index < -0.39 is 0 Å². The maximum absolute atomic E-state index is 12.0. The van der Waals surface area contributed by atoms with E-state index in [2.05, 4.69) is 32.5 Å². The summed E-state index contributed by atoms with van der Waals surface area (Å²) < 4.78 is 5.23. The molecule has 0 radical (unpaired) electrons. The van der Waals surface area contributed by atoms with Gasteiger partial charge in [0.05, 0.1) is 13.1 Å². The van der Waals surface area contributed by atoms with Gasteiger partial charge in [-0.15, -0.1) is 0 Å². The van der Waals surface area contributed by atoms with E-state index in [9.17, 15) is 4.79 Å². The number of nitrogens with zero attached hydrogens (tertiary/aromatic N) is 3. The number of carbonyl (C=O) groups is 1. The highest BCUT2D eigenvalue weighted by Gasteiger charge is 2.26. The largest absolute Gasteiger partial charge is 0.351 e. The van der Waals surface area contributed by atoms with Gasteiger partial charge in [-0.25, -0.2) is 0 Å². The number of nitrogens with one attached hydrogen (secondary N) is 1. The summed E-state index contributed by atoms with van der Waals surface area (Å²) in [6.45, 7) is 5.72. The second kappa shape index (κ2) is 6.91. The number of rotatable bonds is 5. The van der Waals surface area contributed by atoms with Crippen LogP contribution in [-0.4, -0.2) is 40.1 Å². The van der Waals surface area contributed by atoms with Crippen LogP contribution in [0.4, 0.5) is 0 Å². The lowest BCUT2D eigenvalue weighted by atomic mass is 10.0. The molecular weight excluding hydrogens is 292 g/mol. The van der Waals surface area contributed by atoms with E-state index in [0.29, 0.717) is 24.8 Å². The summed E-state index contributed by atoms with van der Waals surface area (Å²) in [6.07, 6.45) is 0.826. The lowest BCUT2D eigenvalue weighted by Crippen LogP contribution is -2.54. The van der Waals surface area contributed by atoms with Gasteiger partial charge < -0.3 is 9.84 Å². The van der Waals surface area contributed by atoms with Crippen molar-refractivity contribution in [2.75, 3.05) is 13.1 Å². The number of aromatic nitrogens is 2. The molecule has 1 aliphatic rings. The Bertz CT molecular complexity index is 654. The van der Waals surface area contributed by atoms with Crippen LogP contribution in [0.1, 0.15) is 37.0 Å². The third-order valence-corrected chi connectivity index (χ3v) is 3.88. The maximum atomic E-state index is 12.0. The summed E-state index contributed by atoms with van der Waals surface area (Å²) in [4.78, 5) is 18.4. The molecule has 1 N–H and O–H groups in total. The minimum atomic E-state index is 0.0461. The summed E-state index contributed by atoms with van der Waals surface area (Å²) in [6, 6.07) is 10.3. The van der Waals surface area contributed by atoms with E-state index in [4.69, 9.17) is 4.52 Å². The Balaban J connectivity index is 1.62. The molecule has 0 unspecified atom stereocenters. The van der Waals surface area contributed by atoms with Crippen LogP contribution in [-0.2, 0) is 17.8 Å². The molecule has 0 bridgehead atoms. The highest BCUT2D eigenvalue weighted by Crippen LogP contribution is 2.14. The van der Waals surface area contributed by atoms with Crippen LogP contribution < -0.4 is 5.32 Å². The minimum Gasteiger partial charge on any atom is -0.351 e. The second-order valence-corrected chi connectivity index (χ2v) is 6.33. The van der Waals surface area contributed by atoms with E-state index in [1.54, 1.807) is 0 Å². The van der Waals surface area contributed by atoms with Crippen molar-refractivity contribution in [1.29, 1.82) is 0 Å². The summed E-state index contributed by atoms with van der Waals surface area (Å²) in [5.41, 5.74) is 1.22. The van der Waals surface area contributed by atoms with Gasteiger partial charge in [0.2, 0.25) is 11.8 Å². The topological polar surface area (TPSA) is 71.3 Å². The highest BCUT2D eigenvalue weighted by molar-refractivity contribution is 5.79. The average molecular weight is 314 g/mol. The number of piperazine rings is 1. The predicted molar refractivity (Wildman–Crippen MR) is 85.7 cm³/mol. The molecular formula is C17H22N4O2. The van der Waals surface area contributed by atoms with Gasteiger partial charge in [-0.2, -0.15) is 4.98 Å². The Hall–Kier alpha value is -2.21. The van der Waals surface area contributed by atoms with E-state index in [0.717, 1.165) is 13.0 Å². The van der Waals surface area contributed by atoms with Gasteiger partial charge in [0, 0.05) is 18.5 Å². The number of carbonyl (C=O) groups excluding carboxylic acids is 1. The Morgan fingerprint density at radius 1 is 1.35 bits per heavy atom. The predicted octanol–water partition coefficient (Wildman–Crippen LogP) is 1.74. The first-order chi connectivity index (χ1) is 11.1. The molecule has 23 heavy (non-hydrogen) atoms. The number of amides is 1. The molecule has 1 aliphatic heterocycles. The maximum Gasteiger partial charge on any atom is 0.234 e. The molecule has 1 saturated heterocycles. The van der Waals surface area contributed by atoms with Crippen molar-refractivity contribution in [1.82, 2.24) is 20.4 Å². The molecule has 6 heteroatoms. The van der Waals surface area contributed by atoms with Gasteiger partial charge in [0.15, 0.2) is 5.82 Å². The molecule has 1 aromatic heterocycles. The lowest BCUT2D eigenvalue weighted by molar-refractivity contribution is -0.125. The van der Waals surface area contributed by atoms with Crippen molar-refractivity contribution in [3.8, 4) is 0 Å². The second-order valence-electron chi connectivity index (χ2n) is 6.33. The molecule has 1 atom stereocenters. The van der Waals surface area contributed by atoms with E-state index in [1.807, 2.05) is 32.0 Å². The molecule has 2 aromatic rings. The van der Waals surface area contributed by atoms with Crippen LogP contribution in [0, 0.1) is 0 Å². The standard InChI is InChI=1S/C17H22N4O2/c1-12(2)17-19-15(20-23-17)10-21-9-14(18-16(22)11-21)8-13-6-4-3-5-7-13/h3-7,12,14H,8-11H2,1-2H3,(H,18,22)/t14-/m0/s1. The summed E-state index contributed by atoms with van der Waals surface area (Å²) >= 11 is 0. The van der Waals surface area contributed by atoms with Crippen molar-refractivity contribution in [2.24, 2.45) is 0 Å². The smallest absolute Gasteiger partial charge is 0.234 e.